The van der Waals surface area contributed by atoms with Gasteiger partial charge in [-0.05, 0) is 31.6 Å². The Morgan fingerprint density at radius 3 is 2.92 bits per heavy atom. The summed E-state index contributed by atoms with van der Waals surface area (Å²) in [5, 5.41) is 0. The molecule has 1 aromatic heterocycles. The number of ether oxygens (including phenoxy) is 2. The van der Waals surface area contributed by atoms with E-state index >= 15 is 0 Å². The van der Waals surface area contributed by atoms with Crippen molar-refractivity contribution in [2.75, 3.05) is 40.0 Å². The van der Waals surface area contributed by atoms with E-state index in [1.807, 2.05) is 11.1 Å². The predicted molar refractivity (Wildman–Crippen MR) is 90.8 cm³/mol. The fraction of sp³-hybridized carbons (Fsp3) is 0.778. The van der Waals surface area contributed by atoms with Gasteiger partial charge >= 0.3 is 0 Å². The van der Waals surface area contributed by atoms with Gasteiger partial charge in [0.05, 0.1) is 13.2 Å². The van der Waals surface area contributed by atoms with Crippen LogP contribution in [0.4, 0.5) is 0 Å². The number of nitrogens with zero attached hydrogens (tertiary/aromatic N) is 3. The summed E-state index contributed by atoms with van der Waals surface area (Å²) >= 11 is 0. The highest BCUT2D eigenvalue weighted by Crippen LogP contribution is 2.31. The van der Waals surface area contributed by atoms with Crippen molar-refractivity contribution in [3.8, 4) is 0 Å². The topological polar surface area (TPSA) is 56.6 Å². The van der Waals surface area contributed by atoms with E-state index in [4.69, 9.17) is 9.47 Å². The Balaban J connectivity index is 1.53. The SMILES string of the molecule is COCCOCC(=O)N1CCCC(c2nccn2CC2CCC2)C1. The molecule has 0 aromatic carbocycles. The first-order chi connectivity index (χ1) is 11.8. The zero-order valence-electron chi connectivity index (χ0n) is 14.7. The number of amides is 1. The number of imidazole rings is 1. The zero-order chi connectivity index (χ0) is 16.8. The summed E-state index contributed by atoms with van der Waals surface area (Å²) in [5.41, 5.74) is 0. The Labute approximate surface area is 144 Å². The summed E-state index contributed by atoms with van der Waals surface area (Å²) < 4.78 is 12.6. The number of carbonyl (C=O) groups is 1. The smallest absolute Gasteiger partial charge is 0.248 e. The summed E-state index contributed by atoms with van der Waals surface area (Å²) in [6.07, 6.45) is 10.2. The van der Waals surface area contributed by atoms with Crippen LogP contribution in [0, 0.1) is 5.92 Å². The largest absolute Gasteiger partial charge is 0.382 e. The molecule has 1 aromatic rings. The van der Waals surface area contributed by atoms with E-state index in [0.29, 0.717) is 19.1 Å². The van der Waals surface area contributed by atoms with Crippen molar-refractivity contribution in [2.45, 2.75) is 44.6 Å². The van der Waals surface area contributed by atoms with E-state index in [2.05, 4.69) is 15.7 Å². The van der Waals surface area contributed by atoms with Crippen LogP contribution in [0.2, 0.25) is 0 Å². The van der Waals surface area contributed by atoms with Crippen molar-refractivity contribution >= 4 is 5.91 Å². The Kier molecular flexibility index (Phi) is 6.26. The van der Waals surface area contributed by atoms with E-state index in [9.17, 15) is 4.79 Å². The maximum atomic E-state index is 12.3. The van der Waals surface area contributed by atoms with Gasteiger partial charge in [-0.15, -0.1) is 0 Å². The minimum atomic E-state index is 0.0768. The van der Waals surface area contributed by atoms with E-state index in [-0.39, 0.29) is 12.5 Å². The van der Waals surface area contributed by atoms with Gasteiger partial charge in [0.1, 0.15) is 12.4 Å². The van der Waals surface area contributed by atoms with Crippen LogP contribution in [0.5, 0.6) is 0 Å². The van der Waals surface area contributed by atoms with Crippen LogP contribution in [0.15, 0.2) is 12.4 Å². The molecule has 0 radical (unpaired) electrons. The second-order valence-corrected chi connectivity index (χ2v) is 6.96. The molecular formula is C18H29N3O3. The van der Waals surface area contributed by atoms with Crippen LogP contribution in [-0.2, 0) is 20.8 Å². The van der Waals surface area contributed by atoms with E-state index in [1.54, 1.807) is 7.11 Å². The predicted octanol–water partition coefficient (Wildman–Crippen LogP) is 2.05. The second kappa shape index (κ2) is 8.62. The molecule has 2 heterocycles. The van der Waals surface area contributed by atoms with Gasteiger partial charge in [0.2, 0.25) is 5.91 Å². The summed E-state index contributed by atoms with van der Waals surface area (Å²) in [6.45, 7) is 3.80. The van der Waals surface area contributed by atoms with Crippen molar-refractivity contribution in [1.29, 1.82) is 0 Å². The minimum Gasteiger partial charge on any atom is -0.382 e. The van der Waals surface area contributed by atoms with Crippen LogP contribution >= 0.6 is 0 Å². The minimum absolute atomic E-state index is 0.0768. The number of rotatable bonds is 8. The van der Waals surface area contributed by atoms with Gasteiger partial charge in [0, 0.05) is 45.1 Å². The third-order valence-electron chi connectivity index (χ3n) is 5.22. The second-order valence-electron chi connectivity index (χ2n) is 6.96. The molecular weight excluding hydrogens is 306 g/mol. The van der Waals surface area contributed by atoms with Crippen molar-refractivity contribution in [3.63, 3.8) is 0 Å². The van der Waals surface area contributed by atoms with Gasteiger partial charge in [-0.3, -0.25) is 4.79 Å². The molecule has 0 N–H and O–H groups in total. The summed E-state index contributed by atoms with van der Waals surface area (Å²) in [6, 6.07) is 0. The normalized spacial score (nSPS) is 21.7. The molecule has 1 aliphatic heterocycles. The molecule has 24 heavy (non-hydrogen) atoms. The van der Waals surface area contributed by atoms with Gasteiger partial charge in [-0.1, -0.05) is 6.42 Å². The number of methoxy groups -OCH3 is 1. The standard InChI is InChI=1S/C18H29N3O3/c1-23-10-11-24-14-17(22)20-8-3-6-16(13-20)18-19-7-9-21(18)12-15-4-2-5-15/h7,9,15-16H,2-6,8,10-14H2,1H3. The highest BCUT2D eigenvalue weighted by molar-refractivity contribution is 5.77. The molecule has 1 saturated heterocycles. The molecule has 134 valence electrons. The zero-order valence-corrected chi connectivity index (χ0v) is 14.7. The Morgan fingerprint density at radius 1 is 1.29 bits per heavy atom. The first-order valence-electron chi connectivity index (χ1n) is 9.13. The van der Waals surface area contributed by atoms with E-state index in [0.717, 1.165) is 44.2 Å². The van der Waals surface area contributed by atoms with Gasteiger partial charge in [-0.2, -0.15) is 0 Å². The fourth-order valence-electron chi connectivity index (χ4n) is 3.60. The summed E-state index contributed by atoms with van der Waals surface area (Å²) in [5.74, 6) is 2.39. The molecule has 6 nitrogen and oxygen atoms in total. The van der Waals surface area contributed by atoms with Gasteiger partial charge in [-0.25, -0.2) is 4.98 Å². The van der Waals surface area contributed by atoms with Crippen LogP contribution in [0.25, 0.3) is 0 Å². The van der Waals surface area contributed by atoms with Crippen molar-refractivity contribution in [3.05, 3.63) is 18.2 Å². The maximum Gasteiger partial charge on any atom is 0.248 e. The van der Waals surface area contributed by atoms with E-state index in [1.165, 1.54) is 19.3 Å². The number of likely N-dealkylation sites (tertiary alicyclic amines) is 1. The van der Waals surface area contributed by atoms with Crippen LogP contribution in [0.1, 0.15) is 43.8 Å². The first-order valence-corrected chi connectivity index (χ1v) is 9.13. The molecule has 0 spiro atoms. The lowest BCUT2D eigenvalue weighted by molar-refractivity contribution is -0.137. The number of aromatic nitrogens is 2. The fourth-order valence-corrected chi connectivity index (χ4v) is 3.60. The third-order valence-corrected chi connectivity index (χ3v) is 5.22. The van der Waals surface area contributed by atoms with Crippen molar-refractivity contribution < 1.29 is 14.3 Å². The number of hydrogen-bond acceptors (Lipinski definition) is 4. The number of carbonyl (C=O) groups excluding carboxylic acids is 1. The molecule has 2 aliphatic rings. The molecule has 1 amide bonds. The molecule has 1 atom stereocenters. The van der Waals surface area contributed by atoms with Crippen LogP contribution in [-0.4, -0.2) is 60.4 Å². The van der Waals surface area contributed by atoms with Gasteiger partial charge in [0.15, 0.2) is 0 Å². The van der Waals surface area contributed by atoms with Gasteiger partial charge < -0.3 is 18.9 Å². The highest BCUT2D eigenvalue weighted by Gasteiger charge is 2.28. The van der Waals surface area contributed by atoms with Gasteiger partial charge in [0.25, 0.3) is 0 Å². The Morgan fingerprint density at radius 2 is 2.17 bits per heavy atom. The molecule has 1 aliphatic carbocycles. The molecule has 1 unspecified atom stereocenters. The number of hydrogen-bond donors (Lipinski definition) is 0. The summed E-state index contributed by atoms with van der Waals surface area (Å²) in [4.78, 5) is 18.9. The lowest BCUT2D eigenvalue weighted by atomic mass is 9.85. The molecule has 0 bridgehead atoms. The molecule has 1 saturated carbocycles. The van der Waals surface area contributed by atoms with Crippen molar-refractivity contribution in [1.82, 2.24) is 14.5 Å². The van der Waals surface area contributed by atoms with E-state index < -0.39 is 0 Å². The lowest BCUT2D eigenvalue weighted by Crippen LogP contribution is -2.41. The highest BCUT2D eigenvalue weighted by atomic mass is 16.5. The molecule has 2 fully saturated rings. The third kappa shape index (κ3) is 4.36. The maximum absolute atomic E-state index is 12.3. The average Bonchev–Trinajstić information content (AvgIpc) is 3.03. The van der Waals surface area contributed by atoms with Crippen molar-refractivity contribution in [2.24, 2.45) is 5.92 Å². The average molecular weight is 335 g/mol. The first kappa shape index (κ1) is 17.4. The van der Waals surface area contributed by atoms with Crippen LogP contribution in [0.3, 0.4) is 0 Å². The monoisotopic (exact) mass is 335 g/mol. The lowest BCUT2D eigenvalue weighted by Gasteiger charge is -2.33. The molecule has 6 heteroatoms. The Hall–Kier alpha value is -1.40. The Bertz CT molecular complexity index is 527. The molecule has 3 rings (SSSR count). The van der Waals surface area contributed by atoms with Crippen LogP contribution < -0.4 is 0 Å². The number of piperidine rings is 1. The quantitative estimate of drug-likeness (QED) is 0.682. The summed E-state index contributed by atoms with van der Waals surface area (Å²) in [7, 11) is 1.63.